The van der Waals surface area contributed by atoms with Gasteiger partial charge < -0.3 is 29.9 Å². The number of likely N-dealkylation sites (N-methyl/N-ethyl adjacent to an activating group) is 1. The Balaban J connectivity index is 1.42. The Morgan fingerprint density at radius 3 is 2.26 bits per heavy atom. The molecule has 7 nitrogen and oxygen atoms in total. The van der Waals surface area contributed by atoms with Crippen LogP contribution in [-0.4, -0.2) is 77.4 Å². The van der Waals surface area contributed by atoms with Gasteiger partial charge in [0.2, 0.25) is 0 Å². The quantitative estimate of drug-likeness (QED) is 0.487. The Kier molecular flexibility index (Phi) is 9.13. The lowest BCUT2D eigenvalue weighted by molar-refractivity contribution is 0.194. The Bertz CT molecular complexity index is 675. The van der Waals surface area contributed by atoms with Gasteiger partial charge in [0.1, 0.15) is 11.5 Å². The van der Waals surface area contributed by atoms with Crippen molar-refractivity contribution in [2.24, 2.45) is 4.99 Å². The van der Waals surface area contributed by atoms with E-state index in [0.29, 0.717) is 6.04 Å². The van der Waals surface area contributed by atoms with Crippen LogP contribution in [0.3, 0.4) is 0 Å². The van der Waals surface area contributed by atoms with Crippen molar-refractivity contribution in [3.05, 3.63) is 18.2 Å². The second-order valence-corrected chi connectivity index (χ2v) is 8.75. The minimum atomic E-state index is 0.436. The fourth-order valence-corrected chi connectivity index (χ4v) is 4.70. The van der Waals surface area contributed by atoms with E-state index in [2.05, 4.69) is 44.6 Å². The minimum Gasteiger partial charge on any atom is -0.497 e. The molecule has 1 aliphatic heterocycles. The Morgan fingerprint density at radius 1 is 1.03 bits per heavy atom. The first-order chi connectivity index (χ1) is 15.1. The summed E-state index contributed by atoms with van der Waals surface area (Å²) in [4.78, 5) is 9.36. The number of nitrogens with zero attached hydrogens (tertiary/aromatic N) is 3. The van der Waals surface area contributed by atoms with Crippen LogP contribution in [0.5, 0.6) is 11.5 Å². The molecule has 2 fully saturated rings. The number of ether oxygens (including phenoxy) is 2. The molecule has 1 heterocycles. The lowest BCUT2D eigenvalue weighted by Gasteiger charge is -2.35. The molecule has 1 saturated carbocycles. The largest absolute Gasteiger partial charge is 0.497 e. The number of methoxy groups -OCH3 is 2. The van der Waals surface area contributed by atoms with E-state index in [9.17, 15) is 0 Å². The van der Waals surface area contributed by atoms with E-state index >= 15 is 0 Å². The van der Waals surface area contributed by atoms with Crippen LogP contribution in [0.25, 0.3) is 0 Å². The van der Waals surface area contributed by atoms with Gasteiger partial charge >= 0.3 is 0 Å². The summed E-state index contributed by atoms with van der Waals surface area (Å²) in [7, 11) is 7.51. The van der Waals surface area contributed by atoms with Gasteiger partial charge in [-0.05, 0) is 32.7 Å². The zero-order valence-corrected chi connectivity index (χ0v) is 19.8. The van der Waals surface area contributed by atoms with Gasteiger partial charge in [0, 0.05) is 69.2 Å². The highest BCUT2D eigenvalue weighted by atomic mass is 16.5. The lowest BCUT2D eigenvalue weighted by Crippen LogP contribution is -2.50. The first kappa shape index (κ1) is 23.5. The van der Waals surface area contributed by atoms with Crippen LogP contribution in [0.1, 0.15) is 44.9 Å². The summed E-state index contributed by atoms with van der Waals surface area (Å²) in [5.41, 5.74) is 1.16. The van der Waals surface area contributed by atoms with Gasteiger partial charge in [0.25, 0.3) is 0 Å². The normalized spacial score (nSPS) is 18.9. The van der Waals surface area contributed by atoms with Crippen molar-refractivity contribution < 1.29 is 9.47 Å². The predicted molar refractivity (Wildman–Crippen MR) is 129 cm³/mol. The molecule has 7 heteroatoms. The maximum atomic E-state index is 5.42. The molecule has 0 aromatic heterocycles. The second kappa shape index (κ2) is 12.0. The monoisotopic (exact) mass is 431 g/mol. The summed E-state index contributed by atoms with van der Waals surface area (Å²) in [6.07, 6.45) is 9.01. The molecule has 3 rings (SSSR count). The van der Waals surface area contributed by atoms with E-state index < -0.39 is 0 Å². The van der Waals surface area contributed by atoms with Crippen LogP contribution in [0.15, 0.2) is 23.2 Å². The van der Waals surface area contributed by atoms with Crippen molar-refractivity contribution in [1.29, 1.82) is 0 Å². The van der Waals surface area contributed by atoms with Crippen LogP contribution in [-0.2, 0) is 0 Å². The molecular formula is C24H41N5O2. The number of guanidine groups is 1. The topological polar surface area (TPSA) is 61.4 Å². The molecule has 0 bridgehead atoms. The number of hydrogen-bond acceptors (Lipinski definition) is 5. The number of benzene rings is 1. The Hall–Kier alpha value is -2.15. The fraction of sp³-hybridized carbons (Fsp3) is 0.708. The standard InChI is InChI=1S/C24H41N5O2/c1-25-24(26-12-15-28(2)20-8-6-5-7-9-20)27-19-10-13-29(14-11-19)21-16-22(30-3)18-23(17-21)31-4/h16-20H,5-15H2,1-4H3,(H2,25,26,27). The summed E-state index contributed by atoms with van der Waals surface area (Å²) >= 11 is 0. The molecule has 0 amide bonds. The highest BCUT2D eigenvalue weighted by molar-refractivity contribution is 5.80. The molecule has 174 valence electrons. The van der Waals surface area contributed by atoms with Crippen LogP contribution in [0.2, 0.25) is 0 Å². The van der Waals surface area contributed by atoms with Crippen LogP contribution in [0.4, 0.5) is 5.69 Å². The highest BCUT2D eigenvalue weighted by Crippen LogP contribution is 2.30. The predicted octanol–water partition coefficient (Wildman–Crippen LogP) is 3.10. The second-order valence-electron chi connectivity index (χ2n) is 8.75. The van der Waals surface area contributed by atoms with Gasteiger partial charge in [0.05, 0.1) is 14.2 Å². The molecular weight excluding hydrogens is 390 g/mol. The molecule has 1 aromatic carbocycles. The number of nitrogens with one attached hydrogen (secondary N) is 2. The molecule has 2 N–H and O–H groups in total. The van der Waals surface area contributed by atoms with Crippen molar-refractivity contribution in [3.8, 4) is 11.5 Å². The van der Waals surface area contributed by atoms with Gasteiger partial charge in [-0.25, -0.2) is 0 Å². The average molecular weight is 432 g/mol. The number of rotatable bonds is 8. The SMILES string of the molecule is CN=C(NCCN(C)C1CCCCC1)NC1CCN(c2cc(OC)cc(OC)c2)CC1. The fourth-order valence-electron chi connectivity index (χ4n) is 4.70. The number of hydrogen-bond donors (Lipinski definition) is 2. The maximum Gasteiger partial charge on any atom is 0.191 e. The summed E-state index contributed by atoms with van der Waals surface area (Å²) in [6.45, 7) is 3.97. The molecule has 1 aromatic rings. The maximum absolute atomic E-state index is 5.42. The molecule has 0 unspecified atom stereocenters. The molecule has 0 atom stereocenters. The lowest BCUT2D eigenvalue weighted by atomic mass is 9.94. The molecule has 2 aliphatic rings. The first-order valence-electron chi connectivity index (χ1n) is 11.8. The van der Waals surface area contributed by atoms with Crippen LogP contribution in [0, 0.1) is 0 Å². The van der Waals surface area contributed by atoms with Gasteiger partial charge in [-0.15, -0.1) is 0 Å². The van der Waals surface area contributed by atoms with E-state index in [1.165, 1.54) is 32.1 Å². The first-order valence-corrected chi connectivity index (χ1v) is 11.8. The van der Waals surface area contributed by atoms with E-state index in [4.69, 9.17) is 9.47 Å². The molecule has 1 saturated heterocycles. The van der Waals surface area contributed by atoms with E-state index in [1.54, 1.807) is 14.2 Å². The average Bonchev–Trinajstić information content (AvgIpc) is 2.83. The third kappa shape index (κ3) is 6.92. The highest BCUT2D eigenvalue weighted by Gasteiger charge is 2.22. The van der Waals surface area contributed by atoms with E-state index in [0.717, 1.165) is 68.2 Å². The molecule has 31 heavy (non-hydrogen) atoms. The van der Waals surface area contributed by atoms with Crippen molar-refractivity contribution in [2.75, 3.05) is 59.4 Å². The summed E-state index contributed by atoms with van der Waals surface area (Å²) in [6, 6.07) is 7.27. The zero-order chi connectivity index (χ0) is 22.1. The zero-order valence-electron chi connectivity index (χ0n) is 19.8. The van der Waals surface area contributed by atoms with E-state index in [1.807, 2.05) is 13.1 Å². The Labute approximate surface area is 188 Å². The van der Waals surface area contributed by atoms with Crippen LogP contribution >= 0.6 is 0 Å². The molecule has 1 aliphatic carbocycles. The summed E-state index contributed by atoms with van der Waals surface area (Å²) in [5, 5.41) is 7.13. The molecule has 0 radical (unpaired) electrons. The van der Waals surface area contributed by atoms with Gasteiger partial charge in [-0.1, -0.05) is 19.3 Å². The molecule has 0 spiro atoms. The minimum absolute atomic E-state index is 0.436. The van der Waals surface area contributed by atoms with Gasteiger partial charge in [-0.2, -0.15) is 0 Å². The number of piperidine rings is 1. The summed E-state index contributed by atoms with van der Waals surface area (Å²) < 4.78 is 10.8. The smallest absolute Gasteiger partial charge is 0.191 e. The van der Waals surface area contributed by atoms with E-state index in [-0.39, 0.29) is 0 Å². The van der Waals surface area contributed by atoms with Gasteiger partial charge in [-0.3, -0.25) is 4.99 Å². The van der Waals surface area contributed by atoms with Gasteiger partial charge in [0.15, 0.2) is 5.96 Å². The summed E-state index contributed by atoms with van der Waals surface area (Å²) in [5.74, 6) is 2.58. The third-order valence-corrected chi connectivity index (χ3v) is 6.72. The van der Waals surface area contributed by atoms with Crippen molar-refractivity contribution in [2.45, 2.75) is 57.0 Å². The van der Waals surface area contributed by atoms with Crippen molar-refractivity contribution in [1.82, 2.24) is 15.5 Å². The number of anilines is 1. The van der Waals surface area contributed by atoms with Crippen LogP contribution < -0.4 is 25.0 Å². The Morgan fingerprint density at radius 2 is 1.68 bits per heavy atom. The number of aliphatic imine (C=N–C) groups is 1. The van der Waals surface area contributed by atoms with Crippen molar-refractivity contribution >= 4 is 11.6 Å². The third-order valence-electron chi connectivity index (χ3n) is 6.72. The van der Waals surface area contributed by atoms with Crippen molar-refractivity contribution in [3.63, 3.8) is 0 Å².